The predicted octanol–water partition coefficient (Wildman–Crippen LogP) is 6.30. The first-order chi connectivity index (χ1) is 19.0. The largest absolute Gasteiger partial charge is 0.494 e. The number of ether oxygens (including phenoxy) is 1. The number of amides is 2. The van der Waals surface area contributed by atoms with E-state index in [-0.39, 0.29) is 17.6 Å². The maximum atomic E-state index is 13.3. The molecule has 0 saturated carbocycles. The van der Waals surface area contributed by atoms with Crippen molar-refractivity contribution in [2.75, 3.05) is 11.9 Å². The van der Waals surface area contributed by atoms with Gasteiger partial charge in [-0.3, -0.25) is 9.59 Å². The fraction of sp³-hybridized carbons (Fsp3) is 0.0968. The molecule has 0 spiro atoms. The number of hydrogen-bond donors (Lipinski definition) is 2. The number of nitrogens with zero attached hydrogens (tertiary/aromatic N) is 2. The van der Waals surface area contributed by atoms with E-state index in [0.29, 0.717) is 34.8 Å². The number of nitrogens with one attached hydrogen (secondary N) is 2. The molecule has 2 N–H and O–H groups in total. The van der Waals surface area contributed by atoms with Gasteiger partial charge in [0.1, 0.15) is 5.75 Å². The van der Waals surface area contributed by atoms with Gasteiger partial charge < -0.3 is 14.5 Å². The highest BCUT2D eigenvalue weighted by Gasteiger charge is 2.14. The van der Waals surface area contributed by atoms with Crippen molar-refractivity contribution in [3.05, 3.63) is 114 Å². The first-order valence-electron chi connectivity index (χ1n) is 12.4. The summed E-state index contributed by atoms with van der Waals surface area (Å²) in [5, 5.41) is 7.82. The molecule has 0 aliphatic heterocycles. The van der Waals surface area contributed by atoms with Crippen LogP contribution in [-0.2, 0) is 0 Å². The van der Waals surface area contributed by atoms with E-state index < -0.39 is 0 Å². The van der Waals surface area contributed by atoms with Crippen LogP contribution in [0, 0.1) is 0 Å². The number of para-hydroxylation sites is 1. The molecule has 5 rings (SSSR count). The number of pyridine rings is 1. The van der Waals surface area contributed by atoms with E-state index in [1.54, 1.807) is 37.3 Å². The second kappa shape index (κ2) is 11.4. The fourth-order valence-corrected chi connectivity index (χ4v) is 4.05. The molecule has 0 aliphatic rings. The van der Waals surface area contributed by atoms with Crippen LogP contribution >= 0.6 is 0 Å². The molecule has 0 bridgehead atoms. The highest BCUT2D eigenvalue weighted by molar-refractivity contribution is 6.08. The highest BCUT2D eigenvalue weighted by atomic mass is 16.5. The third-order valence-corrected chi connectivity index (χ3v) is 6.05. The van der Waals surface area contributed by atoms with Crippen LogP contribution in [0.4, 0.5) is 5.69 Å². The first-order valence-corrected chi connectivity index (χ1v) is 12.4. The quantitative estimate of drug-likeness (QED) is 0.185. The Labute approximate surface area is 225 Å². The summed E-state index contributed by atoms with van der Waals surface area (Å²) in [4.78, 5) is 30.2. The molecule has 3 aromatic carbocycles. The average molecular weight is 519 g/mol. The molecule has 0 radical (unpaired) electrons. The van der Waals surface area contributed by atoms with Crippen LogP contribution in [0.3, 0.4) is 0 Å². The van der Waals surface area contributed by atoms with Gasteiger partial charge in [0.15, 0.2) is 5.76 Å². The number of anilines is 1. The third-order valence-electron chi connectivity index (χ3n) is 6.05. The molecule has 0 saturated heterocycles. The number of hydrazone groups is 1. The van der Waals surface area contributed by atoms with Crippen molar-refractivity contribution in [2.45, 2.75) is 13.8 Å². The summed E-state index contributed by atoms with van der Waals surface area (Å²) in [6.45, 7) is 4.32. The Hall–Kier alpha value is -5.24. The number of carbonyl (C=O) groups is 2. The molecule has 2 amide bonds. The number of hydrogen-bond acceptors (Lipinski definition) is 6. The lowest BCUT2D eigenvalue weighted by atomic mass is 10.0. The summed E-state index contributed by atoms with van der Waals surface area (Å²) in [7, 11) is 0. The Bertz CT molecular complexity index is 1640. The zero-order chi connectivity index (χ0) is 27.2. The normalized spacial score (nSPS) is 11.3. The molecule has 0 unspecified atom stereocenters. The SMILES string of the molecule is CCOc1ccc(-c2cc(C(=O)N/N=C(\C)c3ccc(NC(=O)c4ccco4)cc3)c3ccccc3n2)cc1. The summed E-state index contributed by atoms with van der Waals surface area (Å²) in [6, 6.07) is 27.3. The monoisotopic (exact) mass is 518 g/mol. The van der Waals surface area contributed by atoms with Crippen LogP contribution in [0.1, 0.15) is 40.3 Å². The Balaban J connectivity index is 1.34. The molecule has 8 heteroatoms. The lowest BCUT2D eigenvalue weighted by Gasteiger charge is -2.10. The molecule has 0 fully saturated rings. The van der Waals surface area contributed by atoms with Crippen LogP contribution in [-0.4, -0.2) is 29.1 Å². The van der Waals surface area contributed by atoms with Crippen molar-refractivity contribution < 1.29 is 18.7 Å². The van der Waals surface area contributed by atoms with Crippen LogP contribution in [0.2, 0.25) is 0 Å². The van der Waals surface area contributed by atoms with Gasteiger partial charge in [0.25, 0.3) is 11.8 Å². The van der Waals surface area contributed by atoms with Gasteiger partial charge in [0.05, 0.1) is 35.4 Å². The van der Waals surface area contributed by atoms with Crippen molar-refractivity contribution in [2.24, 2.45) is 5.10 Å². The van der Waals surface area contributed by atoms with Crippen LogP contribution in [0.5, 0.6) is 5.75 Å². The minimum Gasteiger partial charge on any atom is -0.494 e. The Kier molecular flexibility index (Phi) is 7.45. The number of fused-ring (bicyclic) bond motifs is 1. The van der Waals surface area contributed by atoms with Gasteiger partial charge in [-0.25, -0.2) is 10.4 Å². The van der Waals surface area contributed by atoms with Crippen molar-refractivity contribution in [3.63, 3.8) is 0 Å². The van der Waals surface area contributed by atoms with Gasteiger partial charge >= 0.3 is 0 Å². The van der Waals surface area contributed by atoms with Gasteiger partial charge in [-0.15, -0.1) is 0 Å². The minimum absolute atomic E-state index is 0.230. The summed E-state index contributed by atoms with van der Waals surface area (Å²) in [5.41, 5.74) is 7.42. The summed E-state index contributed by atoms with van der Waals surface area (Å²) in [6.07, 6.45) is 1.45. The Morgan fingerprint density at radius 2 is 1.69 bits per heavy atom. The molecule has 194 valence electrons. The van der Waals surface area contributed by atoms with Crippen molar-refractivity contribution in [1.29, 1.82) is 0 Å². The maximum Gasteiger partial charge on any atom is 0.291 e. The lowest BCUT2D eigenvalue weighted by molar-refractivity contribution is 0.0955. The van der Waals surface area contributed by atoms with Gasteiger partial charge in [-0.05, 0) is 80.1 Å². The lowest BCUT2D eigenvalue weighted by Crippen LogP contribution is -2.20. The van der Waals surface area contributed by atoms with Gasteiger partial charge in [-0.2, -0.15) is 5.10 Å². The van der Waals surface area contributed by atoms with Gasteiger partial charge in [-0.1, -0.05) is 30.3 Å². The topological polar surface area (TPSA) is 106 Å². The molecule has 39 heavy (non-hydrogen) atoms. The second-order valence-corrected chi connectivity index (χ2v) is 8.68. The molecular weight excluding hydrogens is 492 g/mol. The maximum absolute atomic E-state index is 13.3. The molecule has 5 aromatic rings. The number of carbonyl (C=O) groups excluding carboxylic acids is 2. The summed E-state index contributed by atoms with van der Waals surface area (Å²) in [5.74, 6) is 0.327. The molecule has 8 nitrogen and oxygen atoms in total. The number of rotatable bonds is 8. The van der Waals surface area contributed by atoms with Crippen molar-refractivity contribution >= 4 is 34.1 Å². The summed E-state index contributed by atoms with van der Waals surface area (Å²) >= 11 is 0. The molecular formula is C31H26N4O4. The second-order valence-electron chi connectivity index (χ2n) is 8.68. The van der Waals surface area contributed by atoms with E-state index in [4.69, 9.17) is 14.1 Å². The minimum atomic E-state index is -0.345. The number of furan rings is 1. The number of aromatic nitrogens is 1. The standard InChI is InChI=1S/C31H26N4O4/c1-3-38-24-16-12-22(13-17-24)28-19-26(25-7-4-5-8-27(25)33-28)30(36)35-34-20(2)21-10-14-23(15-11-21)32-31(37)29-9-6-18-39-29/h4-19H,3H2,1-2H3,(H,32,37)(H,35,36)/b34-20+. The summed E-state index contributed by atoms with van der Waals surface area (Å²) < 4.78 is 10.6. The van der Waals surface area contributed by atoms with Crippen LogP contribution in [0.25, 0.3) is 22.2 Å². The van der Waals surface area contributed by atoms with E-state index >= 15 is 0 Å². The van der Waals surface area contributed by atoms with Crippen LogP contribution < -0.4 is 15.5 Å². The van der Waals surface area contributed by atoms with Gasteiger partial charge in [0.2, 0.25) is 0 Å². The Morgan fingerprint density at radius 3 is 2.41 bits per heavy atom. The molecule has 0 aliphatic carbocycles. The van der Waals surface area contributed by atoms with Crippen LogP contribution in [0.15, 0.2) is 107 Å². The smallest absolute Gasteiger partial charge is 0.291 e. The zero-order valence-electron chi connectivity index (χ0n) is 21.5. The molecule has 2 aromatic heterocycles. The van der Waals surface area contributed by atoms with Gasteiger partial charge in [0, 0.05) is 16.6 Å². The van der Waals surface area contributed by atoms with E-state index in [1.165, 1.54) is 6.26 Å². The highest BCUT2D eigenvalue weighted by Crippen LogP contribution is 2.26. The van der Waals surface area contributed by atoms with E-state index in [0.717, 1.165) is 22.3 Å². The fourth-order valence-electron chi connectivity index (χ4n) is 4.05. The number of benzene rings is 3. The molecule has 2 heterocycles. The van der Waals surface area contributed by atoms with E-state index in [2.05, 4.69) is 15.8 Å². The Morgan fingerprint density at radius 1 is 0.923 bits per heavy atom. The third kappa shape index (κ3) is 5.86. The van der Waals surface area contributed by atoms with E-state index in [9.17, 15) is 9.59 Å². The van der Waals surface area contributed by atoms with Crippen molar-refractivity contribution in [3.8, 4) is 17.0 Å². The molecule has 0 atom stereocenters. The average Bonchev–Trinajstić information content (AvgIpc) is 3.52. The van der Waals surface area contributed by atoms with Crippen molar-refractivity contribution in [1.82, 2.24) is 10.4 Å². The zero-order valence-corrected chi connectivity index (χ0v) is 21.5. The first kappa shape index (κ1) is 25.4. The van der Waals surface area contributed by atoms with E-state index in [1.807, 2.05) is 67.6 Å². The predicted molar refractivity (Wildman–Crippen MR) is 151 cm³/mol.